The molecule has 0 unspecified atom stereocenters. The van der Waals surface area contributed by atoms with Gasteiger partial charge >= 0.3 is 0 Å². The number of methoxy groups -OCH3 is 2. The molecule has 0 radical (unpaired) electrons. The largest absolute Gasteiger partial charge is 0.497 e. The van der Waals surface area contributed by atoms with Crippen LogP contribution in [-0.2, 0) is 4.79 Å². The predicted molar refractivity (Wildman–Crippen MR) is 106 cm³/mol. The maximum atomic E-state index is 12.6. The van der Waals surface area contributed by atoms with Gasteiger partial charge in [0.25, 0.3) is 0 Å². The van der Waals surface area contributed by atoms with E-state index in [9.17, 15) is 4.79 Å². The number of nitrogens with one attached hydrogen (secondary N) is 1. The summed E-state index contributed by atoms with van der Waals surface area (Å²) < 4.78 is 10.9. The van der Waals surface area contributed by atoms with E-state index in [0.717, 1.165) is 42.0 Å². The molecule has 5 heteroatoms. The maximum absolute atomic E-state index is 12.6. The van der Waals surface area contributed by atoms with Crippen molar-refractivity contribution in [2.45, 2.75) is 31.8 Å². The Morgan fingerprint density at radius 3 is 2.67 bits per heavy atom. The third-order valence-corrected chi connectivity index (χ3v) is 5.18. The molecule has 1 aliphatic heterocycles. The van der Waals surface area contributed by atoms with E-state index in [1.165, 1.54) is 0 Å². The molecule has 2 atom stereocenters. The Labute approximate surface area is 161 Å². The van der Waals surface area contributed by atoms with Crippen LogP contribution < -0.4 is 14.8 Å². The first-order chi connectivity index (χ1) is 13.1. The Kier molecular flexibility index (Phi) is 6.35. The van der Waals surface area contributed by atoms with Crippen molar-refractivity contribution in [3.05, 3.63) is 59.7 Å². The molecule has 5 nitrogen and oxygen atoms in total. The summed E-state index contributed by atoms with van der Waals surface area (Å²) in [4.78, 5) is 14.9. The van der Waals surface area contributed by atoms with E-state index in [4.69, 9.17) is 9.47 Å². The molecule has 0 aliphatic carbocycles. The number of amides is 1. The number of ether oxygens (including phenoxy) is 2. The predicted octanol–water partition coefficient (Wildman–Crippen LogP) is 3.72. The Balaban J connectivity index is 1.69. The van der Waals surface area contributed by atoms with E-state index in [-0.39, 0.29) is 18.0 Å². The number of nitrogens with zero attached hydrogens (tertiary/aromatic N) is 1. The standard InChI is InChI=1S/C22H28N2O3/c1-16(17-8-5-4-6-9-17)23-22(25)15-24-13-7-10-20(24)19-14-18(26-2)11-12-21(19)27-3/h4-6,8-9,11-12,14,16,20H,7,10,13,15H2,1-3H3,(H,23,25)/t16-,20+/m0/s1. The number of hydrogen-bond donors (Lipinski definition) is 1. The molecule has 0 bridgehead atoms. The lowest BCUT2D eigenvalue weighted by Crippen LogP contribution is -2.38. The van der Waals surface area contributed by atoms with Crippen molar-refractivity contribution in [1.29, 1.82) is 0 Å². The highest BCUT2D eigenvalue weighted by Crippen LogP contribution is 2.38. The van der Waals surface area contributed by atoms with Crippen molar-refractivity contribution in [2.75, 3.05) is 27.3 Å². The fourth-order valence-corrected chi connectivity index (χ4v) is 3.76. The molecule has 2 aromatic carbocycles. The van der Waals surface area contributed by atoms with Crippen molar-refractivity contribution >= 4 is 5.91 Å². The third kappa shape index (κ3) is 4.61. The van der Waals surface area contributed by atoms with Crippen LogP contribution in [0.3, 0.4) is 0 Å². The number of hydrogen-bond acceptors (Lipinski definition) is 4. The fourth-order valence-electron chi connectivity index (χ4n) is 3.76. The van der Waals surface area contributed by atoms with Gasteiger partial charge in [0, 0.05) is 11.6 Å². The zero-order valence-electron chi connectivity index (χ0n) is 16.3. The minimum Gasteiger partial charge on any atom is -0.497 e. The Hall–Kier alpha value is -2.53. The zero-order valence-corrected chi connectivity index (χ0v) is 16.3. The van der Waals surface area contributed by atoms with Crippen molar-refractivity contribution in [2.24, 2.45) is 0 Å². The highest BCUT2D eigenvalue weighted by Gasteiger charge is 2.30. The molecule has 0 saturated carbocycles. The molecule has 3 rings (SSSR count). The first kappa shape index (κ1) is 19.2. The van der Waals surface area contributed by atoms with Gasteiger partial charge in [-0.25, -0.2) is 0 Å². The maximum Gasteiger partial charge on any atom is 0.234 e. The molecule has 0 spiro atoms. The molecule has 1 amide bonds. The monoisotopic (exact) mass is 368 g/mol. The number of rotatable bonds is 7. The van der Waals surface area contributed by atoms with Gasteiger partial charge in [0.15, 0.2) is 0 Å². The quantitative estimate of drug-likeness (QED) is 0.809. The lowest BCUT2D eigenvalue weighted by atomic mass is 10.0. The van der Waals surface area contributed by atoms with Crippen LogP contribution in [0.1, 0.15) is 43.0 Å². The molecular formula is C22H28N2O3. The molecule has 2 aromatic rings. The molecule has 1 saturated heterocycles. The van der Waals surface area contributed by atoms with Gasteiger partial charge < -0.3 is 14.8 Å². The minimum absolute atomic E-state index is 0.00823. The number of benzene rings is 2. The molecule has 144 valence electrons. The van der Waals surface area contributed by atoms with Gasteiger partial charge in [-0.1, -0.05) is 30.3 Å². The Bertz CT molecular complexity index is 763. The number of carbonyl (C=O) groups excluding carboxylic acids is 1. The van der Waals surface area contributed by atoms with E-state index >= 15 is 0 Å². The second-order valence-corrected chi connectivity index (χ2v) is 6.94. The highest BCUT2D eigenvalue weighted by atomic mass is 16.5. The Morgan fingerprint density at radius 1 is 1.19 bits per heavy atom. The van der Waals surface area contributed by atoms with Gasteiger partial charge in [-0.15, -0.1) is 0 Å². The molecule has 27 heavy (non-hydrogen) atoms. The average Bonchev–Trinajstić information content (AvgIpc) is 3.15. The van der Waals surface area contributed by atoms with Crippen LogP contribution in [0.4, 0.5) is 0 Å². The van der Waals surface area contributed by atoms with Crippen LogP contribution in [0.25, 0.3) is 0 Å². The van der Waals surface area contributed by atoms with Crippen LogP contribution in [-0.4, -0.2) is 38.1 Å². The molecule has 1 N–H and O–H groups in total. The van der Waals surface area contributed by atoms with E-state index in [0.29, 0.717) is 6.54 Å². The molecule has 0 aromatic heterocycles. The van der Waals surface area contributed by atoms with Crippen molar-refractivity contribution < 1.29 is 14.3 Å². The van der Waals surface area contributed by atoms with Crippen molar-refractivity contribution in [3.8, 4) is 11.5 Å². The lowest BCUT2D eigenvalue weighted by Gasteiger charge is -2.26. The van der Waals surface area contributed by atoms with E-state index < -0.39 is 0 Å². The summed E-state index contributed by atoms with van der Waals surface area (Å²) in [5.74, 6) is 1.69. The molecule has 1 heterocycles. The second-order valence-electron chi connectivity index (χ2n) is 6.94. The van der Waals surface area contributed by atoms with Crippen LogP contribution in [0.2, 0.25) is 0 Å². The van der Waals surface area contributed by atoms with Gasteiger partial charge in [0.1, 0.15) is 11.5 Å². The molecular weight excluding hydrogens is 340 g/mol. The van der Waals surface area contributed by atoms with Crippen LogP contribution in [0, 0.1) is 0 Å². The number of carbonyl (C=O) groups is 1. The topological polar surface area (TPSA) is 50.8 Å². The van der Waals surface area contributed by atoms with Gasteiger partial charge in [0.2, 0.25) is 5.91 Å². The second kappa shape index (κ2) is 8.91. The Morgan fingerprint density at radius 2 is 1.96 bits per heavy atom. The normalized spacial score (nSPS) is 18.1. The van der Waals surface area contributed by atoms with Crippen LogP contribution in [0.5, 0.6) is 11.5 Å². The first-order valence-corrected chi connectivity index (χ1v) is 9.42. The van der Waals surface area contributed by atoms with E-state index in [1.807, 2.05) is 55.5 Å². The highest BCUT2D eigenvalue weighted by molar-refractivity contribution is 5.78. The van der Waals surface area contributed by atoms with E-state index in [2.05, 4.69) is 10.2 Å². The fraction of sp³-hybridized carbons (Fsp3) is 0.409. The lowest BCUT2D eigenvalue weighted by molar-refractivity contribution is -0.123. The summed E-state index contributed by atoms with van der Waals surface area (Å²) in [7, 11) is 3.34. The smallest absolute Gasteiger partial charge is 0.234 e. The van der Waals surface area contributed by atoms with Crippen molar-refractivity contribution in [3.63, 3.8) is 0 Å². The summed E-state index contributed by atoms with van der Waals surface area (Å²) >= 11 is 0. The molecule has 1 fully saturated rings. The first-order valence-electron chi connectivity index (χ1n) is 9.42. The summed E-state index contributed by atoms with van der Waals surface area (Å²) in [5.41, 5.74) is 2.19. The van der Waals surface area contributed by atoms with Crippen molar-refractivity contribution in [1.82, 2.24) is 10.2 Å². The third-order valence-electron chi connectivity index (χ3n) is 5.18. The van der Waals surface area contributed by atoms with Gasteiger partial charge in [-0.2, -0.15) is 0 Å². The SMILES string of the molecule is COc1ccc(OC)c([C@H]2CCCN2CC(=O)N[C@@H](C)c2ccccc2)c1. The average molecular weight is 368 g/mol. The van der Waals surface area contributed by atoms with Gasteiger partial charge in [0.05, 0.1) is 26.8 Å². The minimum atomic E-state index is -0.00823. The zero-order chi connectivity index (χ0) is 19.2. The van der Waals surface area contributed by atoms with Crippen LogP contribution in [0.15, 0.2) is 48.5 Å². The summed E-state index contributed by atoms with van der Waals surface area (Å²) in [6.45, 7) is 3.29. The molecule has 1 aliphatic rings. The number of likely N-dealkylation sites (tertiary alicyclic amines) is 1. The van der Waals surface area contributed by atoms with E-state index in [1.54, 1.807) is 14.2 Å². The van der Waals surface area contributed by atoms with Gasteiger partial charge in [-0.3, -0.25) is 9.69 Å². The van der Waals surface area contributed by atoms with Crippen LogP contribution >= 0.6 is 0 Å². The summed E-state index contributed by atoms with van der Waals surface area (Å²) in [6.07, 6.45) is 2.07. The van der Waals surface area contributed by atoms with Gasteiger partial charge in [-0.05, 0) is 50.1 Å². The summed E-state index contributed by atoms with van der Waals surface area (Å²) in [5, 5.41) is 3.11. The summed E-state index contributed by atoms with van der Waals surface area (Å²) in [6, 6.07) is 16.0.